The second-order valence-electron chi connectivity index (χ2n) is 2.41. The fourth-order valence-electron chi connectivity index (χ4n) is 1.05. The van der Waals surface area contributed by atoms with Gasteiger partial charge in [-0.1, -0.05) is 18.2 Å². The Balaban J connectivity index is 2.92. The largest absolute Gasteiger partial charge is 0.298 e. The monoisotopic (exact) mass is 156 g/mol. The molecule has 0 saturated carbocycles. The van der Waals surface area contributed by atoms with Crippen molar-refractivity contribution in [2.45, 2.75) is 19.3 Å². The van der Waals surface area contributed by atoms with Gasteiger partial charge in [-0.15, -0.1) is 0 Å². The summed E-state index contributed by atoms with van der Waals surface area (Å²) in [4.78, 5) is 10.3. The Hall–Kier alpha value is -0.560. The van der Waals surface area contributed by atoms with Gasteiger partial charge in [0.15, 0.2) is 0 Å². The van der Waals surface area contributed by atoms with Gasteiger partial charge in [0.2, 0.25) is 0 Å². The van der Waals surface area contributed by atoms with Crippen molar-refractivity contribution < 1.29 is 4.79 Å². The summed E-state index contributed by atoms with van der Waals surface area (Å²) < 4.78 is 0. The fourth-order valence-corrected chi connectivity index (χ4v) is 1.28. The molecule has 0 heterocycles. The number of rotatable bonds is 1. The summed E-state index contributed by atoms with van der Waals surface area (Å²) in [6.07, 6.45) is 3.56. The summed E-state index contributed by atoms with van der Waals surface area (Å²) in [5.41, 5.74) is 1.60. The van der Waals surface area contributed by atoms with Crippen molar-refractivity contribution >= 4 is 17.9 Å². The van der Waals surface area contributed by atoms with E-state index in [1.165, 1.54) is 0 Å². The lowest BCUT2D eigenvalue weighted by molar-refractivity contribution is -0.105. The number of hydrogen-bond donors (Lipinski definition) is 0. The standard InChI is InChI=1S/C8H9ClO/c1-6-3-2-4-7(5-10)8(6)9/h5H,1-4H2. The van der Waals surface area contributed by atoms with E-state index < -0.39 is 0 Å². The van der Waals surface area contributed by atoms with Crippen LogP contribution >= 0.6 is 11.6 Å². The summed E-state index contributed by atoms with van der Waals surface area (Å²) in [6.45, 7) is 3.74. The van der Waals surface area contributed by atoms with Crippen molar-refractivity contribution in [2.75, 3.05) is 0 Å². The van der Waals surface area contributed by atoms with Gasteiger partial charge in [-0.05, 0) is 24.8 Å². The summed E-state index contributed by atoms with van der Waals surface area (Å²) in [7, 11) is 0. The zero-order chi connectivity index (χ0) is 7.56. The molecule has 54 valence electrons. The van der Waals surface area contributed by atoms with Crippen LogP contribution in [0.4, 0.5) is 0 Å². The second-order valence-corrected chi connectivity index (χ2v) is 2.79. The molecule has 0 amide bonds. The minimum Gasteiger partial charge on any atom is -0.298 e. The van der Waals surface area contributed by atoms with Crippen molar-refractivity contribution in [2.24, 2.45) is 0 Å². The maximum atomic E-state index is 10.3. The van der Waals surface area contributed by atoms with Crippen LogP contribution in [0.5, 0.6) is 0 Å². The Kier molecular flexibility index (Phi) is 2.28. The normalized spacial score (nSPS) is 19.5. The molecule has 0 aromatic carbocycles. The Labute approximate surface area is 65.4 Å². The summed E-state index contributed by atoms with van der Waals surface area (Å²) in [5.74, 6) is 0. The van der Waals surface area contributed by atoms with Crippen LogP contribution in [0.15, 0.2) is 22.8 Å². The number of aldehydes is 1. The first-order valence-corrected chi connectivity index (χ1v) is 3.65. The predicted octanol–water partition coefficient (Wildman–Crippen LogP) is 2.42. The minimum atomic E-state index is 0.584. The molecular weight excluding hydrogens is 148 g/mol. The van der Waals surface area contributed by atoms with Gasteiger partial charge in [0.1, 0.15) is 6.29 Å². The van der Waals surface area contributed by atoms with E-state index in [-0.39, 0.29) is 0 Å². The molecule has 0 spiro atoms. The Bertz CT molecular complexity index is 203. The van der Waals surface area contributed by atoms with Gasteiger partial charge in [-0.2, -0.15) is 0 Å². The van der Waals surface area contributed by atoms with Crippen LogP contribution in [-0.2, 0) is 4.79 Å². The van der Waals surface area contributed by atoms with Crippen LogP contribution in [-0.4, -0.2) is 6.29 Å². The number of carbonyl (C=O) groups excluding carboxylic acids is 1. The lowest BCUT2D eigenvalue weighted by atomic mass is 9.97. The first kappa shape index (κ1) is 7.55. The topological polar surface area (TPSA) is 17.1 Å². The SMILES string of the molecule is C=C1CCCC(C=O)=C1Cl. The van der Waals surface area contributed by atoms with Gasteiger partial charge >= 0.3 is 0 Å². The van der Waals surface area contributed by atoms with Crippen LogP contribution in [0.2, 0.25) is 0 Å². The zero-order valence-corrected chi connectivity index (χ0v) is 6.45. The van der Waals surface area contributed by atoms with Crippen LogP contribution < -0.4 is 0 Å². The van der Waals surface area contributed by atoms with Crippen molar-refractivity contribution in [3.63, 3.8) is 0 Å². The van der Waals surface area contributed by atoms with E-state index in [1.54, 1.807) is 0 Å². The number of hydrogen-bond acceptors (Lipinski definition) is 1. The number of carbonyl (C=O) groups is 1. The van der Waals surface area contributed by atoms with Crippen molar-refractivity contribution in [3.05, 3.63) is 22.8 Å². The van der Waals surface area contributed by atoms with Crippen molar-refractivity contribution in [1.82, 2.24) is 0 Å². The molecule has 1 aliphatic rings. The van der Waals surface area contributed by atoms with E-state index >= 15 is 0 Å². The van der Waals surface area contributed by atoms with E-state index in [4.69, 9.17) is 11.6 Å². The molecule has 0 bridgehead atoms. The molecule has 10 heavy (non-hydrogen) atoms. The van der Waals surface area contributed by atoms with Crippen LogP contribution in [0.25, 0.3) is 0 Å². The van der Waals surface area contributed by atoms with Gasteiger partial charge < -0.3 is 0 Å². The molecule has 0 unspecified atom stereocenters. The molecule has 0 fully saturated rings. The number of halogens is 1. The van der Waals surface area contributed by atoms with Gasteiger partial charge in [-0.3, -0.25) is 4.79 Å². The summed E-state index contributed by atoms with van der Waals surface area (Å²) in [5, 5.41) is 0.584. The van der Waals surface area contributed by atoms with E-state index in [9.17, 15) is 4.79 Å². The first-order chi connectivity index (χ1) is 4.75. The highest BCUT2D eigenvalue weighted by Crippen LogP contribution is 2.29. The Morgan fingerprint density at radius 3 is 2.70 bits per heavy atom. The van der Waals surface area contributed by atoms with Crippen LogP contribution in [0.1, 0.15) is 19.3 Å². The fraction of sp³-hybridized carbons (Fsp3) is 0.375. The third-order valence-electron chi connectivity index (χ3n) is 1.66. The van der Waals surface area contributed by atoms with Gasteiger partial charge in [0, 0.05) is 10.6 Å². The molecule has 1 rings (SSSR count). The lowest BCUT2D eigenvalue weighted by Gasteiger charge is -2.13. The maximum absolute atomic E-state index is 10.3. The highest BCUT2D eigenvalue weighted by molar-refractivity contribution is 6.33. The average Bonchev–Trinajstić information content (AvgIpc) is 1.95. The van der Waals surface area contributed by atoms with E-state index in [1.807, 2.05) is 0 Å². The maximum Gasteiger partial charge on any atom is 0.147 e. The van der Waals surface area contributed by atoms with Gasteiger partial charge in [0.05, 0.1) is 0 Å². The Morgan fingerprint density at radius 1 is 1.50 bits per heavy atom. The van der Waals surface area contributed by atoms with Crippen LogP contribution in [0.3, 0.4) is 0 Å². The lowest BCUT2D eigenvalue weighted by Crippen LogP contribution is -1.98. The molecule has 2 heteroatoms. The van der Waals surface area contributed by atoms with E-state index in [2.05, 4.69) is 6.58 Å². The molecule has 1 nitrogen and oxygen atoms in total. The molecule has 1 aliphatic carbocycles. The molecular formula is C8H9ClO. The molecule has 0 atom stereocenters. The molecule has 0 aromatic rings. The zero-order valence-electron chi connectivity index (χ0n) is 5.69. The average molecular weight is 157 g/mol. The molecule has 0 saturated heterocycles. The third-order valence-corrected chi connectivity index (χ3v) is 2.17. The molecule has 0 aliphatic heterocycles. The highest BCUT2D eigenvalue weighted by atomic mass is 35.5. The third kappa shape index (κ3) is 1.29. The number of allylic oxidation sites excluding steroid dienone is 3. The molecule has 0 radical (unpaired) electrons. The van der Waals surface area contributed by atoms with Crippen LogP contribution in [0, 0.1) is 0 Å². The smallest absolute Gasteiger partial charge is 0.147 e. The summed E-state index contributed by atoms with van der Waals surface area (Å²) in [6, 6.07) is 0. The molecule has 0 aromatic heterocycles. The highest BCUT2D eigenvalue weighted by Gasteiger charge is 2.12. The minimum absolute atomic E-state index is 0.584. The van der Waals surface area contributed by atoms with Crippen molar-refractivity contribution in [1.29, 1.82) is 0 Å². The molecule has 0 N–H and O–H groups in total. The quantitative estimate of drug-likeness (QED) is 0.533. The predicted molar refractivity (Wildman–Crippen MR) is 41.9 cm³/mol. The van der Waals surface area contributed by atoms with E-state index in [0.717, 1.165) is 31.1 Å². The Morgan fingerprint density at radius 2 is 2.20 bits per heavy atom. The second kappa shape index (κ2) is 3.02. The van der Waals surface area contributed by atoms with Crippen molar-refractivity contribution in [3.8, 4) is 0 Å². The summed E-state index contributed by atoms with van der Waals surface area (Å²) >= 11 is 5.78. The van der Waals surface area contributed by atoms with E-state index in [0.29, 0.717) is 10.6 Å². The first-order valence-electron chi connectivity index (χ1n) is 3.27. The van der Waals surface area contributed by atoms with Gasteiger partial charge in [-0.25, -0.2) is 0 Å². The van der Waals surface area contributed by atoms with Gasteiger partial charge in [0.25, 0.3) is 0 Å².